The van der Waals surface area contributed by atoms with Crippen molar-refractivity contribution in [3.8, 4) is 11.5 Å². The van der Waals surface area contributed by atoms with E-state index in [-0.39, 0.29) is 36.2 Å². The number of morpholine rings is 1. The first-order chi connectivity index (χ1) is 13.7. The second-order valence-electron chi connectivity index (χ2n) is 7.32. The lowest BCUT2D eigenvalue weighted by Crippen LogP contribution is -2.53. The van der Waals surface area contributed by atoms with Crippen LogP contribution in [-0.2, 0) is 16.0 Å². The van der Waals surface area contributed by atoms with Gasteiger partial charge in [-0.25, -0.2) is 4.98 Å². The van der Waals surface area contributed by atoms with Crippen molar-refractivity contribution in [1.82, 2.24) is 15.2 Å². The number of halogens is 1. The summed E-state index contributed by atoms with van der Waals surface area (Å²) in [6.07, 6.45) is 4.20. The quantitative estimate of drug-likeness (QED) is 0.386. The zero-order chi connectivity index (χ0) is 19.3. The number of aliphatic imine (C=N–C) groups is 1. The van der Waals surface area contributed by atoms with Gasteiger partial charge in [0.2, 0.25) is 5.89 Å². The van der Waals surface area contributed by atoms with Crippen LogP contribution in [0.2, 0.25) is 0 Å². The zero-order valence-corrected chi connectivity index (χ0v) is 19.3. The standard InChI is InChI=1S/C21H28N4O3.HI/c1-15-5-7-16(8-6-15)20-24-17(14-28-20)12-23-21(22-2)25-9-11-27-19(13-25)18-4-3-10-26-18;/h5-8,14,18-19H,3-4,9-13H2,1-2H3,(H,22,23);1H. The molecule has 2 fully saturated rings. The number of rotatable bonds is 4. The van der Waals surface area contributed by atoms with Gasteiger partial charge in [-0.15, -0.1) is 24.0 Å². The molecule has 2 aliphatic rings. The van der Waals surface area contributed by atoms with E-state index in [9.17, 15) is 0 Å². The highest BCUT2D eigenvalue weighted by Gasteiger charge is 2.32. The molecule has 0 bridgehead atoms. The highest BCUT2D eigenvalue weighted by molar-refractivity contribution is 14.0. The summed E-state index contributed by atoms with van der Waals surface area (Å²) in [5, 5.41) is 3.40. The van der Waals surface area contributed by atoms with Gasteiger partial charge in [0.05, 0.1) is 24.9 Å². The third-order valence-electron chi connectivity index (χ3n) is 5.26. The van der Waals surface area contributed by atoms with Crippen LogP contribution in [0.15, 0.2) is 39.9 Å². The van der Waals surface area contributed by atoms with E-state index < -0.39 is 0 Å². The molecule has 3 heterocycles. The van der Waals surface area contributed by atoms with Crippen LogP contribution in [-0.4, -0.2) is 61.4 Å². The number of ether oxygens (including phenoxy) is 2. The predicted octanol–water partition coefficient (Wildman–Crippen LogP) is 3.22. The molecule has 8 heteroatoms. The molecule has 1 N–H and O–H groups in total. The second-order valence-corrected chi connectivity index (χ2v) is 7.32. The number of hydrogen-bond acceptors (Lipinski definition) is 5. The van der Waals surface area contributed by atoms with Crippen molar-refractivity contribution in [1.29, 1.82) is 0 Å². The van der Waals surface area contributed by atoms with Crippen LogP contribution in [0, 0.1) is 6.92 Å². The van der Waals surface area contributed by atoms with Crippen molar-refractivity contribution in [3.05, 3.63) is 41.8 Å². The number of nitrogens with one attached hydrogen (secondary N) is 1. The van der Waals surface area contributed by atoms with E-state index in [0.29, 0.717) is 19.0 Å². The van der Waals surface area contributed by atoms with Crippen molar-refractivity contribution in [3.63, 3.8) is 0 Å². The topological polar surface area (TPSA) is 72.1 Å². The fraction of sp³-hybridized carbons (Fsp3) is 0.524. The summed E-state index contributed by atoms with van der Waals surface area (Å²) in [7, 11) is 1.80. The molecule has 158 valence electrons. The molecule has 1 aromatic heterocycles. The van der Waals surface area contributed by atoms with E-state index in [4.69, 9.17) is 13.9 Å². The minimum Gasteiger partial charge on any atom is -0.444 e. The average Bonchev–Trinajstić information content (AvgIpc) is 3.42. The average molecular weight is 512 g/mol. The number of hydrogen-bond donors (Lipinski definition) is 1. The van der Waals surface area contributed by atoms with Crippen molar-refractivity contribution in [2.75, 3.05) is 33.4 Å². The maximum absolute atomic E-state index is 5.93. The van der Waals surface area contributed by atoms with E-state index >= 15 is 0 Å². The molecule has 0 amide bonds. The molecule has 0 aliphatic carbocycles. The summed E-state index contributed by atoms with van der Waals surface area (Å²) in [5.41, 5.74) is 3.04. The molecule has 2 unspecified atom stereocenters. The number of aromatic nitrogens is 1. The molecule has 0 spiro atoms. The zero-order valence-electron chi connectivity index (χ0n) is 17.0. The van der Waals surface area contributed by atoms with E-state index in [2.05, 4.69) is 39.2 Å². The molecule has 2 aliphatic heterocycles. The Morgan fingerprint density at radius 2 is 2.00 bits per heavy atom. The molecule has 1 aromatic carbocycles. The monoisotopic (exact) mass is 512 g/mol. The van der Waals surface area contributed by atoms with Crippen molar-refractivity contribution < 1.29 is 13.9 Å². The lowest BCUT2D eigenvalue weighted by molar-refractivity contribution is -0.0817. The van der Waals surface area contributed by atoms with Crippen LogP contribution in [0.3, 0.4) is 0 Å². The van der Waals surface area contributed by atoms with Gasteiger partial charge in [0.15, 0.2) is 5.96 Å². The van der Waals surface area contributed by atoms with Crippen LogP contribution < -0.4 is 5.32 Å². The molecule has 2 saturated heterocycles. The Morgan fingerprint density at radius 3 is 2.72 bits per heavy atom. The number of benzene rings is 1. The first kappa shape index (κ1) is 22.0. The molecule has 4 rings (SSSR count). The largest absolute Gasteiger partial charge is 0.444 e. The molecule has 29 heavy (non-hydrogen) atoms. The molecule has 7 nitrogen and oxygen atoms in total. The Kier molecular flexibility index (Phi) is 7.91. The Bertz CT molecular complexity index is 803. The van der Waals surface area contributed by atoms with Crippen LogP contribution >= 0.6 is 24.0 Å². The summed E-state index contributed by atoms with van der Waals surface area (Å²) in [4.78, 5) is 11.3. The first-order valence-electron chi connectivity index (χ1n) is 9.93. The van der Waals surface area contributed by atoms with Crippen LogP contribution in [0.5, 0.6) is 0 Å². The number of nitrogens with zero attached hydrogens (tertiary/aromatic N) is 3. The summed E-state index contributed by atoms with van der Waals surface area (Å²) in [6.45, 7) is 5.76. The van der Waals surface area contributed by atoms with Gasteiger partial charge in [-0.05, 0) is 31.9 Å². The van der Waals surface area contributed by atoms with Crippen molar-refractivity contribution >= 4 is 29.9 Å². The van der Waals surface area contributed by atoms with Crippen molar-refractivity contribution in [2.24, 2.45) is 4.99 Å². The molecular weight excluding hydrogens is 483 g/mol. The Balaban J connectivity index is 0.00000240. The van der Waals surface area contributed by atoms with E-state index in [0.717, 1.165) is 49.8 Å². The van der Waals surface area contributed by atoms with Gasteiger partial charge >= 0.3 is 0 Å². The van der Waals surface area contributed by atoms with Crippen LogP contribution in [0.25, 0.3) is 11.5 Å². The van der Waals surface area contributed by atoms with Crippen molar-refractivity contribution in [2.45, 2.75) is 38.5 Å². The molecular formula is C21H29IN4O3. The van der Waals surface area contributed by atoms with Crippen LogP contribution in [0.1, 0.15) is 24.1 Å². The van der Waals surface area contributed by atoms with Gasteiger partial charge in [-0.3, -0.25) is 4.99 Å². The maximum atomic E-state index is 5.93. The van der Waals surface area contributed by atoms with Gasteiger partial charge in [-0.2, -0.15) is 0 Å². The second kappa shape index (κ2) is 10.4. The van der Waals surface area contributed by atoms with E-state index in [1.807, 2.05) is 12.1 Å². The minimum atomic E-state index is 0. The SMILES string of the molecule is CN=C(NCc1coc(-c2ccc(C)cc2)n1)N1CCOC(C2CCCO2)C1.I. The molecule has 2 aromatic rings. The Labute approximate surface area is 188 Å². The lowest BCUT2D eigenvalue weighted by atomic mass is 10.1. The molecule has 0 saturated carbocycles. The Hall–Kier alpha value is -1.65. The third-order valence-corrected chi connectivity index (χ3v) is 5.26. The minimum absolute atomic E-state index is 0. The van der Waals surface area contributed by atoms with Gasteiger partial charge < -0.3 is 24.1 Å². The highest BCUT2D eigenvalue weighted by atomic mass is 127. The smallest absolute Gasteiger partial charge is 0.226 e. The summed E-state index contributed by atoms with van der Waals surface area (Å²) in [5.74, 6) is 1.49. The van der Waals surface area contributed by atoms with Gasteiger partial charge in [0, 0.05) is 32.3 Å². The maximum Gasteiger partial charge on any atom is 0.226 e. The number of guanidine groups is 1. The van der Waals surface area contributed by atoms with Gasteiger partial charge in [0.25, 0.3) is 0 Å². The third kappa shape index (κ3) is 5.49. The number of oxazole rings is 1. The molecule has 2 atom stereocenters. The lowest BCUT2D eigenvalue weighted by Gasteiger charge is -2.37. The van der Waals surface area contributed by atoms with Crippen LogP contribution in [0.4, 0.5) is 0 Å². The highest BCUT2D eigenvalue weighted by Crippen LogP contribution is 2.21. The van der Waals surface area contributed by atoms with Gasteiger partial charge in [0.1, 0.15) is 12.4 Å². The van der Waals surface area contributed by atoms with E-state index in [1.54, 1.807) is 13.3 Å². The predicted molar refractivity (Wildman–Crippen MR) is 123 cm³/mol. The summed E-state index contributed by atoms with van der Waals surface area (Å²) >= 11 is 0. The van der Waals surface area contributed by atoms with E-state index in [1.165, 1.54) is 5.56 Å². The summed E-state index contributed by atoms with van der Waals surface area (Å²) < 4.78 is 17.4. The summed E-state index contributed by atoms with van der Waals surface area (Å²) in [6, 6.07) is 8.16. The fourth-order valence-electron chi connectivity index (χ4n) is 3.71. The number of aryl methyl sites for hydroxylation is 1. The molecule has 0 radical (unpaired) electrons. The Morgan fingerprint density at radius 1 is 1.21 bits per heavy atom. The van der Waals surface area contributed by atoms with Gasteiger partial charge in [-0.1, -0.05) is 17.7 Å². The first-order valence-corrected chi connectivity index (χ1v) is 9.93. The fourth-order valence-corrected chi connectivity index (χ4v) is 3.71. The normalized spacial score (nSPS) is 22.4.